The van der Waals surface area contributed by atoms with Crippen molar-refractivity contribution in [1.82, 2.24) is 19.9 Å². The number of amides is 2. The summed E-state index contributed by atoms with van der Waals surface area (Å²) in [5.74, 6) is -0.362. The maximum atomic E-state index is 12.5. The second kappa shape index (κ2) is 14.4. The number of rotatable bonds is 6. The molecule has 0 spiro atoms. The van der Waals surface area contributed by atoms with Crippen molar-refractivity contribution >= 4 is 66.6 Å². The highest BCUT2D eigenvalue weighted by molar-refractivity contribution is 7.14. The van der Waals surface area contributed by atoms with Gasteiger partial charge in [0.2, 0.25) is 0 Å². The van der Waals surface area contributed by atoms with Gasteiger partial charge in [-0.1, -0.05) is 71.8 Å². The van der Waals surface area contributed by atoms with Gasteiger partial charge in [0.05, 0.1) is 11.4 Å². The smallest absolute Gasteiger partial charge is 0.273 e. The van der Waals surface area contributed by atoms with E-state index in [2.05, 4.69) is 96.4 Å². The van der Waals surface area contributed by atoms with Gasteiger partial charge in [0.1, 0.15) is 11.4 Å². The molecule has 0 fully saturated rings. The summed E-state index contributed by atoms with van der Waals surface area (Å²) in [5.41, 5.74) is 14.3. The van der Waals surface area contributed by atoms with E-state index >= 15 is 0 Å². The molecule has 10 heteroatoms. The molecule has 8 rings (SSSR count). The molecule has 0 atom stereocenters. The van der Waals surface area contributed by atoms with Gasteiger partial charge in [-0.15, -0.1) is 22.7 Å². The van der Waals surface area contributed by atoms with E-state index in [1.54, 1.807) is 0 Å². The van der Waals surface area contributed by atoms with Crippen LogP contribution in [0.1, 0.15) is 54.4 Å². The topological polar surface area (TPSA) is 116 Å². The third-order valence-electron chi connectivity index (χ3n) is 8.86. The van der Waals surface area contributed by atoms with Crippen LogP contribution in [0.3, 0.4) is 0 Å². The fraction of sp³-hybridized carbons (Fsp3) is 0.143. The van der Waals surface area contributed by atoms with Crippen molar-refractivity contribution < 1.29 is 9.59 Å². The van der Waals surface area contributed by atoms with Gasteiger partial charge in [0.25, 0.3) is 11.8 Å². The van der Waals surface area contributed by atoms with E-state index in [0.717, 1.165) is 44.3 Å². The van der Waals surface area contributed by atoms with Crippen LogP contribution in [0, 0.1) is 41.5 Å². The summed E-state index contributed by atoms with van der Waals surface area (Å²) in [6.07, 6.45) is 0. The van der Waals surface area contributed by atoms with Crippen molar-refractivity contribution in [1.29, 1.82) is 0 Å². The number of carbonyl (C=O) groups excluding carboxylic acids is 2. The summed E-state index contributed by atoms with van der Waals surface area (Å²) >= 11 is 2.88. The molecule has 52 heavy (non-hydrogen) atoms. The standard InChI is InChI=1S/2C21H19N3OS/c2*1-12-8-13(2)19(14(3)9-12)18-11-26-21(23-18)24-20(25)17-10-15-6-4-5-7-16(15)22-17/h2*4-11,22H,1-3H3,(H,23,24,25). The molecule has 260 valence electrons. The van der Waals surface area contributed by atoms with Crippen molar-refractivity contribution in [3.63, 3.8) is 0 Å². The summed E-state index contributed by atoms with van der Waals surface area (Å²) in [5, 5.41) is 13.0. The Morgan fingerprint density at radius 2 is 0.904 bits per heavy atom. The number of nitrogens with zero attached hydrogens (tertiary/aromatic N) is 2. The monoisotopic (exact) mass is 722 g/mol. The first kappa shape index (κ1) is 34.6. The number of nitrogens with one attached hydrogen (secondary N) is 4. The Labute approximate surface area is 310 Å². The number of aryl methyl sites for hydroxylation is 6. The molecular weight excluding hydrogens is 685 g/mol. The Kier molecular flexibility index (Phi) is 9.59. The van der Waals surface area contributed by atoms with Gasteiger partial charge in [0, 0.05) is 43.7 Å². The van der Waals surface area contributed by atoms with Gasteiger partial charge in [0.15, 0.2) is 10.3 Å². The summed E-state index contributed by atoms with van der Waals surface area (Å²) < 4.78 is 0. The fourth-order valence-corrected chi connectivity index (χ4v) is 8.17. The molecule has 8 nitrogen and oxygen atoms in total. The second-order valence-corrected chi connectivity index (χ2v) is 14.8. The maximum absolute atomic E-state index is 12.5. The third kappa shape index (κ3) is 7.30. The molecule has 4 aromatic carbocycles. The molecular formula is C42H38N6O2S2. The van der Waals surface area contributed by atoms with Crippen molar-refractivity contribution in [2.45, 2.75) is 41.5 Å². The average molecular weight is 723 g/mol. The molecule has 0 aliphatic carbocycles. The molecule has 8 aromatic rings. The number of carbonyl (C=O) groups is 2. The van der Waals surface area contributed by atoms with E-state index in [-0.39, 0.29) is 11.8 Å². The Bertz CT molecular complexity index is 2310. The first-order valence-corrected chi connectivity index (χ1v) is 18.6. The quantitative estimate of drug-likeness (QED) is 0.137. The van der Waals surface area contributed by atoms with E-state index in [0.29, 0.717) is 21.7 Å². The molecule has 0 bridgehead atoms. The Morgan fingerprint density at radius 3 is 1.27 bits per heavy atom. The number of aromatic nitrogens is 4. The van der Waals surface area contributed by atoms with Gasteiger partial charge in [-0.2, -0.15) is 0 Å². The Balaban J connectivity index is 0.000000162. The number of thiazole rings is 2. The van der Waals surface area contributed by atoms with Gasteiger partial charge in [-0.3, -0.25) is 20.2 Å². The summed E-state index contributed by atoms with van der Waals surface area (Å²) in [7, 11) is 0. The molecule has 4 heterocycles. The number of hydrogen-bond donors (Lipinski definition) is 4. The van der Waals surface area contributed by atoms with Crippen LogP contribution in [-0.4, -0.2) is 31.8 Å². The van der Waals surface area contributed by atoms with Crippen LogP contribution in [-0.2, 0) is 0 Å². The Hall–Kier alpha value is -5.84. The number of anilines is 2. The minimum Gasteiger partial charge on any atom is -0.351 e. The van der Waals surface area contributed by atoms with E-state index in [1.165, 1.54) is 56.1 Å². The zero-order valence-electron chi connectivity index (χ0n) is 29.8. The van der Waals surface area contributed by atoms with Crippen molar-refractivity contribution in [3.05, 3.63) is 140 Å². The van der Waals surface area contributed by atoms with Gasteiger partial charge in [-0.25, -0.2) is 9.97 Å². The van der Waals surface area contributed by atoms with E-state index in [9.17, 15) is 9.59 Å². The molecule has 0 unspecified atom stereocenters. The lowest BCUT2D eigenvalue weighted by molar-refractivity contribution is 0.101. The van der Waals surface area contributed by atoms with Gasteiger partial charge in [-0.05, 0) is 88.1 Å². The molecule has 0 aliphatic heterocycles. The normalized spacial score (nSPS) is 11.0. The highest BCUT2D eigenvalue weighted by Gasteiger charge is 2.16. The van der Waals surface area contributed by atoms with Crippen LogP contribution in [0.5, 0.6) is 0 Å². The van der Waals surface area contributed by atoms with Gasteiger partial charge >= 0.3 is 0 Å². The maximum Gasteiger partial charge on any atom is 0.273 e. The summed E-state index contributed by atoms with van der Waals surface area (Å²) in [6.45, 7) is 12.6. The number of hydrogen-bond acceptors (Lipinski definition) is 6. The first-order chi connectivity index (χ1) is 25.0. The zero-order valence-corrected chi connectivity index (χ0v) is 31.4. The predicted octanol–water partition coefficient (Wildman–Crippen LogP) is 10.9. The summed E-state index contributed by atoms with van der Waals surface area (Å²) in [6, 6.07) is 28.0. The van der Waals surface area contributed by atoms with Crippen LogP contribution < -0.4 is 10.6 Å². The molecule has 0 saturated carbocycles. The lowest BCUT2D eigenvalue weighted by Gasteiger charge is -2.08. The molecule has 0 saturated heterocycles. The third-order valence-corrected chi connectivity index (χ3v) is 10.4. The second-order valence-electron chi connectivity index (χ2n) is 13.1. The van der Waals surface area contributed by atoms with Crippen LogP contribution in [0.15, 0.2) is 95.7 Å². The fourth-order valence-electron chi connectivity index (χ4n) is 6.78. The highest BCUT2D eigenvalue weighted by Crippen LogP contribution is 2.33. The highest BCUT2D eigenvalue weighted by atomic mass is 32.1. The van der Waals surface area contributed by atoms with Crippen molar-refractivity contribution in [3.8, 4) is 22.5 Å². The van der Waals surface area contributed by atoms with E-state index < -0.39 is 0 Å². The SMILES string of the molecule is Cc1cc(C)c(-c2csc(NC(=O)c3cc4ccccc4[nH]3)n2)c(C)c1.Cc1cc(C)c(-c2csc(NC(=O)c3cc4ccccc4[nH]3)n2)c(C)c1. The van der Waals surface area contributed by atoms with Crippen LogP contribution in [0.2, 0.25) is 0 Å². The molecule has 0 aliphatic rings. The first-order valence-electron chi connectivity index (χ1n) is 16.9. The lowest BCUT2D eigenvalue weighted by atomic mass is 9.98. The van der Waals surface area contributed by atoms with Gasteiger partial charge < -0.3 is 9.97 Å². The number of benzene rings is 4. The molecule has 4 aromatic heterocycles. The summed E-state index contributed by atoms with van der Waals surface area (Å²) in [4.78, 5) is 40.6. The zero-order chi connectivity index (χ0) is 36.5. The minimum absolute atomic E-state index is 0.181. The van der Waals surface area contributed by atoms with E-state index in [1.807, 2.05) is 71.4 Å². The number of para-hydroxylation sites is 2. The average Bonchev–Trinajstić information content (AvgIpc) is 3.91. The number of aromatic amines is 2. The molecule has 2 amide bonds. The van der Waals surface area contributed by atoms with Crippen LogP contribution >= 0.6 is 22.7 Å². The molecule has 4 N–H and O–H groups in total. The largest absolute Gasteiger partial charge is 0.351 e. The lowest BCUT2D eigenvalue weighted by Crippen LogP contribution is -2.11. The van der Waals surface area contributed by atoms with Crippen molar-refractivity contribution in [2.75, 3.05) is 10.6 Å². The van der Waals surface area contributed by atoms with Crippen molar-refractivity contribution in [2.24, 2.45) is 0 Å². The number of fused-ring (bicyclic) bond motifs is 2. The number of H-pyrrole nitrogens is 2. The van der Waals surface area contributed by atoms with Crippen LogP contribution in [0.4, 0.5) is 10.3 Å². The Morgan fingerprint density at radius 1 is 0.538 bits per heavy atom. The molecule has 0 radical (unpaired) electrons. The van der Waals surface area contributed by atoms with E-state index in [4.69, 9.17) is 0 Å². The minimum atomic E-state index is -0.181. The predicted molar refractivity (Wildman–Crippen MR) is 216 cm³/mol. The van der Waals surface area contributed by atoms with Crippen LogP contribution in [0.25, 0.3) is 44.3 Å².